The van der Waals surface area contributed by atoms with Crippen LogP contribution in [0.25, 0.3) is 0 Å². The summed E-state index contributed by atoms with van der Waals surface area (Å²) in [6, 6.07) is 10.3. The van der Waals surface area contributed by atoms with Gasteiger partial charge in [-0.1, -0.05) is 59.3 Å². The van der Waals surface area contributed by atoms with E-state index in [9.17, 15) is 0 Å². The highest BCUT2D eigenvalue weighted by molar-refractivity contribution is 9.09. The number of allylic oxidation sites excluding steroid dienone is 1. The number of hydrogen-bond acceptors (Lipinski definition) is 1. The van der Waals surface area contributed by atoms with E-state index in [0.717, 1.165) is 24.8 Å². The SMILES string of the molecule is C=CC(C)(CBr)CCCOCc1ccccc1. The van der Waals surface area contributed by atoms with Crippen molar-refractivity contribution in [1.82, 2.24) is 0 Å². The molecule has 0 heterocycles. The number of hydrogen-bond donors (Lipinski definition) is 0. The molecular formula is C15H21BrO. The molecule has 0 radical (unpaired) electrons. The Labute approximate surface area is 113 Å². The molecular weight excluding hydrogens is 276 g/mol. The molecule has 0 bridgehead atoms. The molecule has 1 unspecified atom stereocenters. The second-order valence-corrected chi connectivity index (χ2v) is 5.19. The van der Waals surface area contributed by atoms with E-state index in [1.165, 1.54) is 5.56 Å². The number of rotatable bonds is 8. The van der Waals surface area contributed by atoms with Crippen molar-refractivity contribution < 1.29 is 4.74 Å². The lowest BCUT2D eigenvalue weighted by molar-refractivity contribution is 0.112. The summed E-state index contributed by atoms with van der Waals surface area (Å²) < 4.78 is 5.65. The van der Waals surface area contributed by atoms with Gasteiger partial charge in [-0.15, -0.1) is 6.58 Å². The Morgan fingerprint density at radius 3 is 2.65 bits per heavy atom. The Bertz CT molecular complexity index is 323. The molecule has 17 heavy (non-hydrogen) atoms. The zero-order valence-corrected chi connectivity index (χ0v) is 12.1. The van der Waals surface area contributed by atoms with Crippen LogP contribution in [-0.4, -0.2) is 11.9 Å². The van der Waals surface area contributed by atoms with E-state index in [1.807, 2.05) is 24.3 Å². The van der Waals surface area contributed by atoms with E-state index in [0.29, 0.717) is 6.61 Å². The Balaban J connectivity index is 2.15. The van der Waals surface area contributed by atoms with Gasteiger partial charge in [0.1, 0.15) is 0 Å². The highest BCUT2D eigenvalue weighted by Gasteiger charge is 2.17. The van der Waals surface area contributed by atoms with Crippen molar-refractivity contribution in [3.63, 3.8) is 0 Å². The Kier molecular flexibility index (Phi) is 6.53. The molecule has 1 atom stereocenters. The van der Waals surface area contributed by atoms with Crippen molar-refractivity contribution in [2.24, 2.45) is 5.41 Å². The maximum atomic E-state index is 5.65. The first kappa shape index (κ1) is 14.5. The summed E-state index contributed by atoms with van der Waals surface area (Å²) in [5.41, 5.74) is 1.43. The fourth-order valence-electron chi connectivity index (χ4n) is 1.57. The zero-order valence-electron chi connectivity index (χ0n) is 10.5. The van der Waals surface area contributed by atoms with Gasteiger partial charge in [0, 0.05) is 11.9 Å². The highest BCUT2D eigenvalue weighted by Crippen LogP contribution is 2.26. The molecule has 0 amide bonds. The van der Waals surface area contributed by atoms with Crippen molar-refractivity contribution in [3.8, 4) is 0 Å². The Hall–Kier alpha value is -0.600. The third-order valence-corrected chi connectivity index (χ3v) is 4.23. The van der Waals surface area contributed by atoms with Crippen LogP contribution in [0.4, 0.5) is 0 Å². The molecule has 0 saturated heterocycles. The number of alkyl halides is 1. The summed E-state index contributed by atoms with van der Waals surface area (Å²) in [6.45, 7) is 7.61. The number of benzene rings is 1. The maximum absolute atomic E-state index is 5.65. The first-order valence-corrected chi connectivity index (χ1v) is 7.13. The van der Waals surface area contributed by atoms with E-state index in [4.69, 9.17) is 4.74 Å². The molecule has 94 valence electrons. The Morgan fingerprint density at radius 1 is 1.35 bits per heavy atom. The van der Waals surface area contributed by atoms with Gasteiger partial charge in [0.25, 0.3) is 0 Å². The standard InChI is InChI=1S/C15H21BrO/c1-3-15(2,13-16)10-7-11-17-12-14-8-5-4-6-9-14/h3-6,8-9H,1,7,10-13H2,2H3. The van der Waals surface area contributed by atoms with Crippen molar-refractivity contribution in [2.45, 2.75) is 26.4 Å². The van der Waals surface area contributed by atoms with E-state index in [-0.39, 0.29) is 5.41 Å². The minimum Gasteiger partial charge on any atom is -0.377 e. The van der Waals surface area contributed by atoms with E-state index >= 15 is 0 Å². The molecule has 0 aromatic heterocycles. The van der Waals surface area contributed by atoms with Crippen LogP contribution < -0.4 is 0 Å². The van der Waals surface area contributed by atoms with Crippen LogP contribution in [0.1, 0.15) is 25.3 Å². The number of halogens is 1. The van der Waals surface area contributed by atoms with Gasteiger partial charge in [0.15, 0.2) is 0 Å². The summed E-state index contributed by atoms with van der Waals surface area (Å²) in [7, 11) is 0. The van der Waals surface area contributed by atoms with E-state index in [1.54, 1.807) is 0 Å². The summed E-state index contributed by atoms with van der Waals surface area (Å²) in [4.78, 5) is 0. The zero-order chi connectivity index (χ0) is 12.6. The van der Waals surface area contributed by atoms with Crippen LogP contribution in [0.3, 0.4) is 0 Å². The van der Waals surface area contributed by atoms with E-state index in [2.05, 4.69) is 41.6 Å². The molecule has 2 heteroatoms. The lowest BCUT2D eigenvalue weighted by atomic mass is 9.88. The van der Waals surface area contributed by atoms with Gasteiger partial charge in [0.2, 0.25) is 0 Å². The van der Waals surface area contributed by atoms with Gasteiger partial charge in [-0.25, -0.2) is 0 Å². The minimum absolute atomic E-state index is 0.191. The summed E-state index contributed by atoms with van der Waals surface area (Å²) in [5.74, 6) is 0. The summed E-state index contributed by atoms with van der Waals surface area (Å²) >= 11 is 3.53. The van der Waals surface area contributed by atoms with Gasteiger partial charge in [-0.3, -0.25) is 0 Å². The first-order valence-electron chi connectivity index (χ1n) is 6.01. The largest absolute Gasteiger partial charge is 0.377 e. The fourth-order valence-corrected chi connectivity index (χ4v) is 2.08. The monoisotopic (exact) mass is 296 g/mol. The molecule has 0 N–H and O–H groups in total. The normalized spacial score (nSPS) is 14.2. The van der Waals surface area contributed by atoms with Gasteiger partial charge in [0.05, 0.1) is 6.61 Å². The third kappa shape index (κ3) is 5.51. The van der Waals surface area contributed by atoms with Crippen LogP contribution in [-0.2, 0) is 11.3 Å². The second kappa shape index (κ2) is 7.67. The Morgan fingerprint density at radius 2 is 2.06 bits per heavy atom. The quantitative estimate of drug-likeness (QED) is 0.388. The maximum Gasteiger partial charge on any atom is 0.0716 e. The molecule has 0 saturated carbocycles. The predicted molar refractivity (Wildman–Crippen MR) is 77.4 cm³/mol. The molecule has 0 aliphatic heterocycles. The average molecular weight is 297 g/mol. The van der Waals surface area contributed by atoms with Crippen LogP contribution in [0.2, 0.25) is 0 Å². The average Bonchev–Trinajstić information content (AvgIpc) is 2.39. The lowest BCUT2D eigenvalue weighted by Crippen LogP contribution is -2.15. The molecule has 0 spiro atoms. The molecule has 0 fully saturated rings. The summed E-state index contributed by atoms with van der Waals surface area (Å²) in [6.07, 6.45) is 4.20. The smallest absolute Gasteiger partial charge is 0.0716 e. The topological polar surface area (TPSA) is 9.23 Å². The fraction of sp³-hybridized carbons (Fsp3) is 0.467. The van der Waals surface area contributed by atoms with Gasteiger partial charge in [-0.2, -0.15) is 0 Å². The van der Waals surface area contributed by atoms with Crippen LogP contribution in [0, 0.1) is 5.41 Å². The van der Waals surface area contributed by atoms with Crippen LogP contribution in [0.5, 0.6) is 0 Å². The van der Waals surface area contributed by atoms with Crippen molar-refractivity contribution in [1.29, 1.82) is 0 Å². The molecule has 1 nitrogen and oxygen atoms in total. The molecule has 1 rings (SSSR count). The van der Waals surface area contributed by atoms with Crippen molar-refractivity contribution in [2.75, 3.05) is 11.9 Å². The summed E-state index contributed by atoms with van der Waals surface area (Å²) in [5, 5.41) is 0.961. The van der Waals surface area contributed by atoms with Crippen molar-refractivity contribution in [3.05, 3.63) is 48.6 Å². The van der Waals surface area contributed by atoms with Crippen molar-refractivity contribution >= 4 is 15.9 Å². The second-order valence-electron chi connectivity index (χ2n) is 4.63. The molecule has 1 aromatic carbocycles. The lowest BCUT2D eigenvalue weighted by Gasteiger charge is -2.22. The van der Waals surface area contributed by atoms with Gasteiger partial charge in [-0.05, 0) is 23.8 Å². The molecule has 0 aliphatic rings. The minimum atomic E-state index is 0.191. The van der Waals surface area contributed by atoms with E-state index < -0.39 is 0 Å². The number of ether oxygens (including phenoxy) is 1. The van der Waals surface area contributed by atoms with Gasteiger partial charge < -0.3 is 4.74 Å². The van der Waals surface area contributed by atoms with Crippen LogP contribution >= 0.6 is 15.9 Å². The van der Waals surface area contributed by atoms with Gasteiger partial charge >= 0.3 is 0 Å². The molecule has 1 aromatic rings. The first-order chi connectivity index (χ1) is 8.20. The highest BCUT2D eigenvalue weighted by atomic mass is 79.9. The van der Waals surface area contributed by atoms with Crippen LogP contribution in [0.15, 0.2) is 43.0 Å². The predicted octanol–water partition coefficient (Wildman–Crippen LogP) is 4.57. The molecule has 0 aliphatic carbocycles. The third-order valence-electron chi connectivity index (χ3n) is 2.95.